The van der Waals surface area contributed by atoms with Crippen molar-refractivity contribution >= 4 is 17.9 Å². The molecule has 8 heteroatoms. The first-order valence-corrected chi connectivity index (χ1v) is 6.09. The number of anilines is 1. The van der Waals surface area contributed by atoms with Crippen molar-refractivity contribution in [1.82, 2.24) is 25.5 Å². The zero-order valence-corrected chi connectivity index (χ0v) is 10.2. The van der Waals surface area contributed by atoms with Crippen molar-refractivity contribution < 1.29 is 9.59 Å². The highest BCUT2D eigenvalue weighted by atomic mass is 16.2. The number of carbonyl (C=O) groups is 2. The quantitative estimate of drug-likeness (QED) is 0.634. The second kappa shape index (κ2) is 4.71. The second-order valence-corrected chi connectivity index (χ2v) is 4.56. The Morgan fingerprint density at radius 3 is 2.74 bits per heavy atom. The summed E-state index contributed by atoms with van der Waals surface area (Å²) in [5, 5.41) is 8.30. The van der Waals surface area contributed by atoms with Gasteiger partial charge in [0, 0.05) is 32.0 Å². The zero-order valence-electron chi connectivity index (χ0n) is 10.2. The Balaban J connectivity index is 1.47. The fourth-order valence-corrected chi connectivity index (χ4v) is 2.13. The van der Waals surface area contributed by atoms with E-state index in [9.17, 15) is 9.59 Å². The molecule has 3 N–H and O–H groups in total. The Labute approximate surface area is 109 Å². The maximum Gasteiger partial charge on any atom is 0.315 e. The van der Waals surface area contributed by atoms with E-state index in [-0.39, 0.29) is 18.0 Å². The number of hydrogen-bond donors (Lipinski definition) is 3. The number of likely N-dealkylation sites (tertiary alicyclic amines) is 1. The van der Waals surface area contributed by atoms with E-state index >= 15 is 0 Å². The smallest absolute Gasteiger partial charge is 0.315 e. The molecule has 3 amide bonds. The van der Waals surface area contributed by atoms with Crippen molar-refractivity contribution in [2.45, 2.75) is 12.1 Å². The van der Waals surface area contributed by atoms with Crippen molar-refractivity contribution in [1.29, 1.82) is 0 Å². The van der Waals surface area contributed by atoms with E-state index in [0.29, 0.717) is 25.6 Å². The Bertz CT molecular complexity index is 487. The van der Waals surface area contributed by atoms with Gasteiger partial charge in [-0.15, -0.1) is 0 Å². The van der Waals surface area contributed by atoms with Gasteiger partial charge in [-0.2, -0.15) is 0 Å². The van der Waals surface area contributed by atoms with Gasteiger partial charge in [-0.1, -0.05) is 0 Å². The van der Waals surface area contributed by atoms with Crippen LogP contribution in [-0.4, -0.2) is 58.5 Å². The SMILES string of the molecule is O=C1NCC(C(=O)N2CC(Nc3ncccn3)C2)N1. The molecule has 2 saturated heterocycles. The monoisotopic (exact) mass is 262 g/mol. The second-order valence-electron chi connectivity index (χ2n) is 4.56. The van der Waals surface area contributed by atoms with Gasteiger partial charge >= 0.3 is 6.03 Å². The lowest BCUT2D eigenvalue weighted by Crippen LogP contribution is -2.61. The van der Waals surface area contributed by atoms with Gasteiger partial charge in [0.2, 0.25) is 11.9 Å². The molecular weight excluding hydrogens is 248 g/mol. The molecule has 0 spiro atoms. The van der Waals surface area contributed by atoms with Crippen molar-refractivity contribution in [2.75, 3.05) is 25.0 Å². The average molecular weight is 262 g/mol. The number of carbonyl (C=O) groups excluding carboxylic acids is 2. The Kier molecular flexibility index (Phi) is 2.90. The predicted molar refractivity (Wildman–Crippen MR) is 66.3 cm³/mol. The summed E-state index contributed by atoms with van der Waals surface area (Å²) < 4.78 is 0. The van der Waals surface area contributed by atoms with E-state index in [2.05, 4.69) is 25.9 Å². The predicted octanol–water partition coefficient (Wildman–Crippen LogP) is -1.22. The van der Waals surface area contributed by atoms with Crippen molar-refractivity contribution in [3.05, 3.63) is 18.5 Å². The highest BCUT2D eigenvalue weighted by Gasteiger charge is 2.37. The van der Waals surface area contributed by atoms with Crippen LogP contribution in [0.3, 0.4) is 0 Å². The number of nitrogens with one attached hydrogen (secondary N) is 3. The summed E-state index contributed by atoms with van der Waals surface area (Å²) in [5.74, 6) is 0.515. The lowest BCUT2D eigenvalue weighted by Gasteiger charge is -2.40. The molecule has 0 radical (unpaired) electrons. The number of amides is 3. The van der Waals surface area contributed by atoms with E-state index < -0.39 is 6.04 Å². The molecule has 1 unspecified atom stereocenters. The normalized spacial score (nSPS) is 22.4. The fraction of sp³-hybridized carbons (Fsp3) is 0.455. The number of rotatable bonds is 3. The molecule has 0 aromatic carbocycles. The van der Waals surface area contributed by atoms with Gasteiger partial charge in [0.25, 0.3) is 0 Å². The van der Waals surface area contributed by atoms with Crippen LogP contribution in [0.15, 0.2) is 18.5 Å². The minimum absolute atomic E-state index is 0.0506. The molecule has 1 aromatic heterocycles. The van der Waals surface area contributed by atoms with Crippen LogP contribution in [-0.2, 0) is 4.79 Å². The summed E-state index contributed by atoms with van der Waals surface area (Å²) in [6.45, 7) is 1.56. The summed E-state index contributed by atoms with van der Waals surface area (Å²) in [6.07, 6.45) is 3.33. The number of aromatic nitrogens is 2. The molecule has 0 aliphatic carbocycles. The van der Waals surface area contributed by atoms with Crippen LogP contribution in [0.5, 0.6) is 0 Å². The van der Waals surface area contributed by atoms with Gasteiger partial charge in [-0.25, -0.2) is 14.8 Å². The Morgan fingerprint density at radius 1 is 1.37 bits per heavy atom. The molecule has 2 aliphatic heterocycles. The maximum absolute atomic E-state index is 12.0. The molecule has 3 heterocycles. The van der Waals surface area contributed by atoms with Crippen LogP contribution in [0.1, 0.15) is 0 Å². The number of nitrogens with zero attached hydrogens (tertiary/aromatic N) is 3. The molecular formula is C11H14N6O2. The lowest BCUT2D eigenvalue weighted by molar-refractivity contribution is -0.136. The number of urea groups is 1. The van der Waals surface area contributed by atoms with Crippen molar-refractivity contribution in [3.8, 4) is 0 Å². The molecule has 2 aliphatic rings. The molecule has 0 saturated carbocycles. The zero-order chi connectivity index (χ0) is 13.2. The standard InChI is InChI=1S/C11H14N6O2/c18-9(8-4-14-11(19)16-8)17-5-7(6-17)15-10-12-2-1-3-13-10/h1-3,7-8H,4-6H2,(H,12,13,15)(H2,14,16,19). The fourth-order valence-electron chi connectivity index (χ4n) is 2.13. The molecule has 2 fully saturated rings. The van der Waals surface area contributed by atoms with Crippen LogP contribution in [0.4, 0.5) is 10.7 Å². The van der Waals surface area contributed by atoms with Gasteiger partial charge in [0.05, 0.1) is 6.04 Å². The topological polar surface area (TPSA) is 99.3 Å². The van der Waals surface area contributed by atoms with Gasteiger partial charge in [0.15, 0.2) is 0 Å². The van der Waals surface area contributed by atoms with Crippen LogP contribution in [0, 0.1) is 0 Å². The minimum atomic E-state index is -0.443. The van der Waals surface area contributed by atoms with Crippen molar-refractivity contribution in [3.63, 3.8) is 0 Å². The highest BCUT2D eigenvalue weighted by molar-refractivity contribution is 5.90. The summed E-state index contributed by atoms with van der Waals surface area (Å²) in [7, 11) is 0. The van der Waals surface area contributed by atoms with E-state index in [1.807, 2.05) is 0 Å². The van der Waals surface area contributed by atoms with Gasteiger partial charge in [0.1, 0.15) is 6.04 Å². The van der Waals surface area contributed by atoms with Crippen LogP contribution < -0.4 is 16.0 Å². The first kappa shape index (κ1) is 11.7. The van der Waals surface area contributed by atoms with E-state index in [1.165, 1.54) is 0 Å². The molecule has 19 heavy (non-hydrogen) atoms. The third-order valence-corrected chi connectivity index (χ3v) is 3.16. The van der Waals surface area contributed by atoms with Crippen molar-refractivity contribution in [2.24, 2.45) is 0 Å². The van der Waals surface area contributed by atoms with E-state index in [0.717, 1.165) is 0 Å². The first-order chi connectivity index (χ1) is 9.22. The van der Waals surface area contributed by atoms with E-state index in [4.69, 9.17) is 0 Å². The van der Waals surface area contributed by atoms with Crippen LogP contribution in [0.25, 0.3) is 0 Å². The molecule has 1 atom stereocenters. The summed E-state index contributed by atoms with van der Waals surface area (Å²) >= 11 is 0. The van der Waals surface area contributed by atoms with E-state index in [1.54, 1.807) is 23.4 Å². The lowest BCUT2D eigenvalue weighted by atomic mass is 10.1. The largest absolute Gasteiger partial charge is 0.348 e. The summed E-state index contributed by atoms with van der Waals surface area (Å²) in [6, 6.07) is 1.18. The maximum atomic E-state index is 12.0. The molecule has 0 bridgehead atoms. The van der Waals surface area contributed by atoms with Gasteiger partial charge in [-0.3, -0.25) is 4.79 Å². The third-order valence-electron chi connectivity index (χ3n) is 3.16. The van der Waals surface area contributed by atoms with Crippen LogP contribution in [0.2, 0.25) is 0 Å². The first-order valence-electron chi connectivity index (χ1n) is 6.09. The Hall–Kier alpha value is -2.38. The highest BCUT2D eigenvalue weighted by Crippen LogP contribution is 2.14. The molecule has 100 valence electrons. The van der Waals surface area contributed by atoms with Crippen LogP contribution >= 0.6 is 0 Å². The number of hydrogen-bond acceptors (Lipinski definition) is 5. The molecule has 1 aromatic rings. The third kappa shape index (κ3) is 2.42. The van der Waals surface area contributed by atoms with Gasteiger partial charge in [-0.05, 0) is 6.07 Å². The minimum Gasteiger partial charge on any atom is -0.348 e. The van der Waals surface area contributed by atoms with Gasteiger partial charge < -0.3 is 20.9 Å². The Morgan fingerprint density at radius 2 is 2.11 bits per heavy atom. The summed E-state index contributed by atoms with van der Waals surface area (Å²) in [4.78, 5) is 32.8. The molecule has 8 nitrogen and oxygen atoms in total. The average Bonchev–Trinajstić information content (AvgIpc) is 2.80. The summed E-state index contributed by atoms with van der Waals surface area (Å²) in [5.41, 5.74) is 0. The molecule has 3 rings (SSSR count).